The Kier molecular flexibility index (Phi) is 99.2. The summed E-state index contributed by atoms with van der Waals surface area (Å²) in [5.74, 6) is -2.62. The molecule has 0 aliphatic heterocycles. The van der Waals surface area contributed by atoms with Gasteiger partial charge in [-0.2, -0.15) is 0 Å². The fraction of sp³-hybridized carbons (Fsp3) is 0.935. The number of carboxylic acids is 4. The van der Waals surface area contributed by atoms with E-state index >= 15 is 0 Å². The maximum Gasteiger partial charge on any atom is 1.00 e. The zero-order valence-corrected chi connectivity index (χ0v) is 52.2. The fourth-order valence-corrected chi connectivity index (χ4v) is 8.82. The van der Waals surface area contributed by atoms with Crippen LogP contribution in [-0.4, -0.2) is 67.1 Å². The second-order valence-electron chi connectivity index (χ2n) is 20.8. The molecular weight excluding hydrogens is 955 g/mol. The Morgan fingerprint density at radius 2 is 0.301 bits per heavy atom. The Morgan fingerprint density at radius 1 is 0.219 bits per heavy atom. The van der Waals surface area contributed by atoms with Gasteiger partial charge in [-0.05, 0) is 25.7 Å². The Morgan fingerprint density at radius 3 is 0.384 bits per heavy atom. The Labute approximate surface area is 509 Å². The van der Waals surface area contributed by atoms with E-state index in [-0.39, 0.29) is 75.6 Å². The third kappa shape index (κ3) is 105. The molecule has 0 aliphatic rings. The van der Waals surface area contributed by atoms with Crippen LogP contribution in [0.15, 0.2) is 0 Å². The molecule has 6 N–H and O–H groups in total. The van der Waals surface area contributed by atoms with Crippen LogP contribution in [0.25, 0.3) is 0 Å². The van der Waals surface area contributed by atoms with E-state index in [2.05, 4.69) is 27.7 Å². The summed E-state index contributed by atoms with van der Waals surface area (Å²) in [6.07, 6.45) is 66.2. The largest absolute Gasteiger partial charge is 1.00 e. The third-order valence-corrected chi connectivity index (χ3v) is 13.5. The minimum Gasteiger partial charge on any atom is -1.00 e. The molecule has 0 rings (SSSR count). The molecule has 0 heterocycles. The summed E-state index contributed by atoms with van der Waals surface area (Å²) in [4.78, 5) is 41.2. The molecule has 0 aromatic rings. The molecule has 0 aromatic heterocycles. The summed E-state index contributed by atoms with van der Waals surface area (Å²) in [6, 6.07) is 0. The van der Waals surface area contributed by atoms with Crippen LogP contribution in [-0.2, 0) is 19.2 Å². The molecule has 9 nitrogen and oxygen atoms in total. The molecule has 73 heavy (non-hydrogen) atoms. The number of rotatable bonds is 54. The third-order valence-electron chi connectivity index (χ3n) is 13.5. The fourth-order valence-electron chi connectivity index (χ4n) is 8.82. The number of hydrogen-bond acceptors (Lipinski definition) is 4. The van der Waals surface area contributed by atoms with Gasteiger partial charge in [0.15, 0.2) is 17.4 Å². The predicted octanol–water partition coefficient (Wildman–Crippen LogP) is 16.5. The van der Waals surface area contributed by atoms with Crippen molar-refractivity contribution in [3.63, 3.8) is 0 Å². The van der Waals surface area contributed by atoms with Gasteiger partial charge >= 0.3 is 75.3 Å². The van der Waals surface area contributed by atoms with E-state index in [4.69, 9.17) is 20.4 Å². The summed E-state index contributed by atoms with van der Waals surface area (Å²) in [7, 11) is 0. The maximum absolute atomic E-state index is 10.3. The van der Waals surface area contributed by atoms with Crippen molar-refractivity contribution in [2.24, 2.45) is 0 Å². The van der Waals surface area contributed by atoms with Gasteiger partial charge in [0.2, 0.25) is 0 Å². The van der Waals surface area contributed by atoms with Crippen molar-refractivity contribution in [1.29, 1.82) is 0 Å². The maximum atomic E-state index is 10.3. The van der Waals surface area contributed by atoms with Gasteiger partial charge in [0.25, 0.3) is 0 Å². The Bertz CT molecular complexity index is 931. The molecule has 11 heteroatoms. The topological polar surface area (TPSA) is 181 Å². The first-order valence-corrected chi connectivity index (χ1v) is 31.0. The first-order chi connectivity index (χ1) is 34.1. The van der Waals surface area contributed by atoms with E-state index in [0.29, 0.717) is 25.7 Å². The molecule has 0 amide bonds. The van der Waals surface area contributed by atoms with Crippen molar-refractivity contribution >= 4 is 41.2 Å². The molecule has 0 spiro atoms. The van der Waals surface area contributed by atoms with Crippen LogP contribution in [0.4, 0.5) is 0 Å². The van der Waals surface area contributed by atoms with Gasteiger partial charge in [-0.15, -0.1) is 0 Å². The molecule has 0 atom stereocenters. The number of carbonyl (C=O) groups is 4. The standard InChI is InChI=1S/3C16H32O2.C14H28O2.Al.K.H2O.4H/c3*1-2-3-4-5-6-7-8-9-10-11-12-13-14-15-16(17)18;1-2-3-4-5-6-7-8-9-10-11-12-13-14(15)16;;;;;;;/h3*2-15H2,1H3,(H,17,18);2-13H2,1H3,(H,15,16);;;1H2;;;;/q;;;;;+1;;;;;-1. The van der Waals surface area contributed by atoms with E-state index in [1.165, 1.54) is 270 Å². The molecule has 0 unspecified atom stereocenters. The SMILES string of the molecule is CCCCCCCCCCCCCC(=O)O.CCCCCCCCCCCCCCCC(=O)O.CCCCCCCCCCCCCCCC(=O)O.CCCCCCCCCCCCCCCC(=O)O.O.[AlH3].[H-].[K+]. The van der Waals surface area contributed by atoms with Crippen LogP contribution in [0.2, 0.25) is 0 Å². The Hall–Kier alpha value is 0.00883. The van der Waals surface area contributed by atoms with Gasteiger partial charge in [-0.25, -0.2) is 0 Å². The molecule has 0 aliphatic carbocycles. The molecule has 0 fully saturated rings. The van der Waals surface area contributed by atoms with Crippen LogP contribution in [0.3, 0.4) is 0 Å². The summed E-state index contributed by atoms with van der Waals surface area (Å²) in [5.41, 5.74) is 0. The minimum atomic E-state index is -0.657. The summed E-state index contributed by atoms with van der Waals surface area (Å²) < 4.78 is 0. The van der Waals surface area contributed by atoms with E-state index in [1.807, 2.05) is 0 Å². The van der Waals surface area contributed by atoms with Crippen molar-refractivity contribution in [1.82, 2.24) is 0 Å². The normalized spacial score (nSPS) is 10.2. The molecule has 436 valence electrons. The average Bonchev–Trinajstić information content (AvgIpc) is 3.33. The second-order valence-corrected chi connectivity index (χ2v) is 20.8. The number of aliphatic carboxylic acids is 4. The van der Waals surface area contributed by atoms with Gasteiger partial charge in [0, 0.05) is 25.7 Å². The van der Waals surface area contributed by atoms with Gasteiger partial charge in [0.05, 0.1) is 0 Å². The van der Waals surface area contributed by atoms with Gasteiger partial charge in [-0.3, -0.25) is 19.2 Å². The van der Waals surface area contributed by atoms with Crippen molar-refractivity contribution in [2.45, 2.75) is 374 Å². The number of unbranched alkanes of at least 4 members (excludes halogenated alkanes) is 46. The average molecular weight is 1090 g/mol. The zero-order chi connectivity index (χ0) is 52.5. The Balaban J connectivity index is -0.000000129. The number of carboxylic acid groups (broad SMARTS) is 4. The van der Waals surface area contributed by atoms with E-state index in [0.717, 1.165) is 51.4 Å². The van der Waals surface area contributed by atoms with Crippen molar-refractivity contribution in [3.8, 4) is 0 Å². The predicted molar refractivity (Wildman–Crippen MR) is 317 cm³/mol. The minimum absolute atomic E-state index is 0. The monoisotopic (exact) mass is 1080 g/mol. The van der Waals surface area contributed by atoms with E-state index < -0.39 is 23.9 Å². The van der Waals surface area contributed by atoms with Gasteiger partial charge in [-0.1, -0.05) is 323 Å². The quantitative estimate of drug-likeness (QED) is 0.0343. The zero-order valence-electron chi connectivity index (χ0n) is 50.1. The number of hydrogen-bond donors (Lipinski definition) is 4. The van der Waals surface area contributed by atoms with Gasteiger partial charge in [0.1, 0.15) is 0 Å². The molecule has 0 bridgehead atoms. The first kappa shape index (κ1) is 86.9. The van der Waals surface area contributed by atoms with Crippen LogP contribution >= 0.6 is 0 Å². The van der Waals surface area contributed by atoms with Gasteiger partial charge < -0.3 is 27.3 Å². The van der Waals surface area contributed by atoms with Crippen LogP contribution < -0.4 is 51.4 Å². The second kappa shape index (κ2) is 83.3. The first-order valence-electron chi connectivity index (χ1n) is 31.0. The molecule has 0 saturated carbocycles. The van der Waals surface area contributed by atoms with E-state index in [9.17, 15) is 19.2 Å². The summed E-state index contributed by atoms with van der Waals surface area (Å²) in [6.45, 7) is 9.03. The van der Waals surface area contributed by atoms with E-state index in [1.54, 1.807) is 0 Å². The van der Waals surface area contributed by atoms with Crippen LogP contribution in [0.5, 0.6) is 0 Å². The molecule has 0 aromatic carbocycles. The molecular formula is C62H130AlKO9. The summed E-state index contributed by atoms with van der Waals surface area (Å²) in [5, 5.41) is 33.9. The smallest absolute Gasteiger partial charge is 1.00 e. The van der Waals surface area contributed by atoms with Crippen LogP contribution in [0.1, 0.15) is 376 Å². The van der Waals surface area contributed by atoms with Crippen molar-refractivity contribution < 1.29 is 97.9 Å². The molecule has 0 saturated heterocycles. The van der Waals surface area contributed by atoms with Crippen LogP contribution in [0, 0.1) is 0 Å². The summed E-state index contributed by atoms with van der Waals surface area (Å²) >= 11 is 0. The van der Waals surface area contributed by atoms with Crippen molar-refractivity contribution in [3.05, 3.63) is 0 Å². The molecule has 0 radical (unpaired) electrons. The van der Waals surface area contributed by atoms with Crippen molar-refractivity contribution in [2.75, 3.05) is 0 Å².